The molecule has 1 aromatic carbocycles. The molecule has 1 heterocycles. The Kier molecular flexibility index (Phi) is 5.19. The fourth-order valence-corrected chi connectivity index (χ4v) is 2.22. The Bertz CT molecular complexity index is 514. The minimum Gasteiger partial charge on any atom is -0.494 e. The van der Waals surface area contributed by atoms with E-state index in [4.69, 9.17) is 14.6 Å². The Hall–Kier alpha value is -1.97. The fraction of sp³-hybridized carbons (Fsp3) is 0.438. The van der Waals surface area contributed by atoms with Crippen molar-refractivity contribution in [3.05, 3.63) is 29.8 Å². The van der Waals surface area contributed by atoms with Gasteiger partial charge in [-0.15, -0.1) is 0 Å². The number of allylic oxidation sites excluding steroid dienone is 1. The second-order valence-electron chi connectivity index (χ2n) is 5.33. The number of ether oxygens (including phenoxy) is 1. The number of nitrogens with one attached hydrogen (secondary N) is 1. The molecule has 2 rings (SSSR count). The largest absolute Gasteiger partial charge is 0.494 e. The van der Waals surface area contributed by atoms with Gasteiger partial charge in [-0.2, -0.15) is 0 Å². The third-order valence-corrected chi connectivity index (χ3v) is 2.76. The van der Waals surface area contributed by atoms with Crippen LogP contribution < -0.4 is 10.1 Å². The molecule has 20 heavy (non-hydrogen) atoms. The molecule has 0 amide bonds. The molecule has 1 aliphatic rings. The van der Waals surface area contributed by atoms with Gasteiger partial charge in [0.15, 0.2) is 0 Å². The van der Waals surface area contributed by atoms with Crippen molar-refractivity contribution in [3.8, 4) is 5.75 Å². The van der Waals surface area contributed by atoms with Crippen LogP contribution in [-0.4, -0.2) is 23.2 Å². The van der Waals surface area contributed by atoms with Crippen molar-refractivity contribution >= 4 is 17.2 Å². The summed E-state index contributed by atoms with van der Waals surface area (Å²) < 4.78 is 5.52. The Morgan fingerprint density at radius 1 is 1.40 bits per heavy atom. The minimum atomic E-state index is -0.833. The molecule has 0 atom stereocenters. The van der Waals surface area contributed by atoms with Crippen molar-refractivity contribution in [3.63, 3.8) is 0 Å². The first-order valence-electron chi connectivity index (χ1n) is 6.69. The Balaban J connectivity index is 0.000000444. The van der Waals surface area contributed by atoms with E-state index in [2.05, 4.69) is 44.3 Å². The highest BCUT2D eigenvalue weighted by molar-refractivity contribution is 5.80. The maximum absolute atomic E-state index is 9.00. The van der Waals surface area contributed by atoms with Crippen molar-refractivity contribution in [1.29, 1.82) is 0 Å². The molecule has 4 nitrogen and oxygen atoms in total. The first kappa shape index (κ1) is 16.1. The van der Waals surface area contributed by atoms with Gasteiger partial charge in [0, 0.05) is 18.2 Å². The second-order valence-corrected chi connectivity index (χ2v) is 5.33. The molecule has 0 saturated carbocycles. The summed E-state index contributed by atoms with van der Waals surface area (Å²) in [5.41, 5.74) is 3.77. The number of fused-ring (bicyclic) bond motifs is 1. The topological polar surface area (TPSA) is 58.6 Å². The molecular formula is C16H23NO3. The van der Waals surface area contributed by atoms with Crippen LogP contribution >= 0.6 is 0 Å². The second kappa shape index (κ2) is 6.46. The average Bonchev–Trinajstić information content (AvgIpc) is 2.28. The molecule has 0 unspecified atom stereocenters. The van der Waals surface area contributed by atoms with Crippen LogP contribution in [0.5, 0.6) is 5.75 Å². The summed E-state index contributed by atoms with van der Waals surface area (Å²) >= 11 is 0. The maximum Gasteiger partial charge on any atom is 0.300 e. The van der Waals surface area contributed by atoms with Crippen molar-refractivity contribution < 1.29 is 14.6 Å². The van der Waals surface area contributed by atoms with Crippen LogP contribution in [0.4, 0.5) is 5.69 Å². The quantitative estimate of drug-likeness (QED) is 0.863. The minimum absolute atomic E-state index is 0.0320. The van der Waals surface area contributed by atoms with E-state index in [0.29, 0.717) is 6.61 Å². The smallest absolute Gasteiger partial charge is 0.300 e. The number of carboxylic acid groups (broad SMARTS) is 1. The lowest BCUT2D eigenvalue weighted by molar-refractivity contribution is -0.134. The van der Waals surface area contributed by atoms with Gasteiger partial charge >= 0.3 is 0 Å². The molecule has 0 fully saturated rings. The molecule has 0 spiro atoms. The first-order valence-corrected chi connectivity index (χ1v) is 6.69. The Morgan fingerprint density at radius 3 is 2.55 bits per heavy atom. The summed E-state index contributed by atoms with van der Waals surface area (Å²) in [5, 5.41) is 10.9. The van der Waals surface area contributed by atoms with Crippen LogP contribution in [0.2, 0.25) is 0 Å². The number of anilines is 1. The van der Waals surface area contributed by atoms with Crippen LogP contribution in [0.1, 0.15) is 40.2 Å². The van der Waals surface area contributed by atoms with Gasteiger partial charge in [0.05, 0.1) is 12.1 Å². The van der Waals surface area contributed by atoms with Gasteiger partial charge in [0.2, 0.25) is 0 Å². The maximum atomic E-state index is 9.00. The van der Waals surface area contributed by atoms with Crippen molar-refractivity contribution in [2.75, 3.05) is 11.9 Å². The molecule has 0 radical (unpaired) electrons. The van der Waals surface area contributed by atoms with Gasteiger partial charge in [-0.3, -0.25) is 4.79 Å². The molecular weight excluding hydrogens is 254 g/mol. The van der Waals surface area contributed by atoms with Gasteiger partial charge in [0.1, 0.15) is 5.75 Å². The predicted octanol–water partition coefficient (Wildman–Crippen LogP) is 3.78. The van der Waals surface area contributed by atoms with E-state index >= 15 is 0 Å². The number of carbonyl (C=O) groups is 1. The number of aliphatic carboxylic acids is 1. The number of hydrogen-bond donors (Lipinski definition) is 2. The van der Waals surface area contributed by atoms with E-state index in [1.807, 2.05) is 13.0 Å². The first-order chi connectivity index (χ1) is 9.25. The zero-order valence-corrected chi connectivity index (χ0v) is 12.8. The van der Waals surface area contributed by atoms with Crippen LogP contribution in [-0.2, 0) is 4.79 Å². The van der Waals surface area contributed by atoms with Gasteiger partial charge in [0.25, 0.3) is 5.97 Å². The summed E-state index contributed by atoms with van der Waals surface area (Å²) in [6.45, 7) is 10.3. The third kappa shape index (κ3) is 4.61. The van der Waals surface area contributed by atoms with E-state index < -0.39 is 5.97 Å². The summed E-state index contributed by atoms with van der Waals surface area (Å²) in [6.07, 6.45) is 2.26. The molecule has 1 aliphatic heterocycles. The molecule has 1 aromatic rings. The predicted molar refractivity (Wildman–Crippen MR) is 82.3 cm³/mol. The highest BCUT2D eigenvalue weighted by Gasteiger charge is 2.22. The van der Waals surface area contributed by atoms with Crippen LogP contribution in [0.25, 0.3) is 5.57 Å². The lowest BCUT2D eigenvalue weighted by atomic mass is 9.91. The monoisotopic (exact) mass is 277 g/mol. The normalized spacial score (nSPS) is 14.9. The highest BCUT2D eigenvalue weighted by Crippen LogP contribution is 2.35. The number of carboxylic acids is 1. The van der Waals surface area contributed by atoms with Crippen molar-refractivity contribution in [2.45, 2.75) is 40.2 Å². The molecule has 110 valence electrons. The molecule has 0 aliphatic carbocycles. The van der Waals surface area contributed by atoms with Gasteiger partial charge < -0.3 is 15.2 Å². The van der Waals surface area contributed by atoms with Crippen LogP contribution in [0, 0.1) is 0 Å². The summed E-state index contributed by atoms with van der Waals surface area (Å²) in [4.78, 5) is 9.00. The number of rotatable bonds is 2. The van der Waals surface area contributed by atoms with E-state index in [1.165, 1.54) is 16.8 Å². The molecule has 4 heteroatoms. The zero-order valence-electron chi connectivity index (χ0n) is 12.8. The SMILES string of the molecule is CC(=O)O.CCOc1ccc2c(c1)C(C)=CC(C)(C)N2. The highest BCUT2D eigenvalue weighted by atomic mass is 16.5. The zero-order chi connectivity index (χ0) is 15.3. The molecule has 0 bridgehead atoms. The number of hydrogen-bond acceptors (Lipinski definition) is 3. The summed E-state index contributed by atoms with van der Waals surface area (Å²) in [6, 6.07) is 6.22. The fourth-order valence-electron chi connectivity index (χ4n) is 2.22. The Morgan fingerprint density at radius 2 is 2.00 bits per heavy atom. The van der Waals surface area contributed by atoms with E-state index in [1.54, 1.807) is 0 Å². The van der Waals surface area contributed by atoms with Crippen molar-refractivity contribution in [1.82, 2.24) is 0 Å². The summed E-state index contributed by atoms with van der Waals surface area (Å²) in [5.74, 6) is 0.107. The van der Waals surface area contributed by atoms with Crippen LogP contribution in [0.15, 0.2) is 24.3 Å². The van der Waals surface area contributed by atoms with Gasteiger partial charge in [-0.05, 0) is 51.5 Å². The lowest BCUT2D eigenvalue weighted by Gasteiger charge is -2.31. The molecule has 0 saturated heterocycles. The number of benzene rings is 1. The Labute approximate surface area is 120 Å². The van der Waals surface area contributed by atoms with Crippen molar-refractivity contribution in [2.24, 2.45) is 0 Å². The standard InChI is InChI=1S/C14H19NO.C2H4O2/c1-5-16-11-6-7-13-12(8-11)10(2)9-14(3,4)15-13;1-2(3)4/h6-9,15H,5H2,1-4H3;1H3,(H,3,4). The molecule has 0 aromatic heterocycles. The van der Waals surface area contributed by atoms with Gasteiger partial charge in [-0.1, -0.05) is 6.08 Å². The average molecular weight is 277 g/mol. The molecule has 2 N–H and O–H groups in total. The van der Waals surface area contributed by atoms with Gasteiger partial charge in [-0.25, -0.2) is 0 Å². The van der Waals surface area contributed by atoms with E-state index in [9.17, 15) is 0 Å². The van der Waals surface area contributed by atoms with Crippen LogP contribution in [0.3, 0.4) is 0 Å². The third-order valence-electron chi connectivity index (χ3n) is 2.76. The summed E-state index contributed by atoms with van der Waals surface area (Å²) in [7, 11) is 0. The van der Waals surface area contributed by atoms with E-state index in [-0.39, 0.29) is 5.54 Å². The van der Waals surface area contributed by atoms with E-state index in [0.717, 1.165) is 12.7 Å². The lowest BCUT2D eigenvalue weighted by Crippen LogP contribution is -2.31.